The second-order valence-corrected chi connectivity index (χ2v) is 8.81. The molecule has 3 amide bonds. The number of thiophene rings is 1. The summed E-state index contributed by atoms with van der Waals surface area (Å²) in [5.74, 6) is 0.472. The molecule has 5 rings (SSSR count). The highest BCUT2D eigenvalue weighted by molar-refractivity contribution is 7.13. The molecule has 2 aliphatic rings. The molecule has 2 fully saturated rings. The first-order valence-electron chi connectivity index (χ1n) is 10.0. The second-order valence-electron chi connectivity index (χ2n) is 7.86. The van der Waals surface area contributed by atoms with Gasteiger partial charge in [0, 0.05) is 19.2 Å². The summed E-state index contributed by atoms with van der Waals surface area (Å²) in [6.45, 7) is 2.30. The van der Waals surface area contributed by atoms with Gasteiger partial charge in [-0.3, -0.25) is 14.6 Å². The molecule has 1 spiro atoms. The summed E-state index contributed by atoms with van der Waals surface area (Å²) in [5.41, 5.74) is 0.910. The number of piperidine rings is 1. The van der Waals surface area contributed by atoms with Crippen LogP contribution in [0.4, 0.5) is 4.79 Å². The van der Waals surface area contributed by atoms with Gasteiger partial charge in [0.25, 0.3) is 5.91 Å². The number of benzene rings is 1. The molecule has 4 heterocycles. The van der Waals surface area contributed by atoms with E-state index in [4.69, 9.17) is 4.52 Å². The van der Waals surface area contributed by atoms with Crippen LogP contribution in [0.15, 0.2) is 58.4 Å². The molecule has 3 aromatic rings. The van der Waals surface area contributed by atoms with Crippen molar-refractivity contribution in [3.8, 4) is 10.6 Å². The molecule has 8 heteroatoms. The van der Waals surface area contributed by atoms with Gasteiger partial charge in [0.2, 0.25) is 0 Å². The highest BCUT2D eigenvalue weighted by Crippen LogP contribution is 2.31. The summed E-state index contributed by atoms with van der Waals surface area (Å²) in [4.78, 5) is 30.4. The van der Waals surface area contributed by atoms with Gasteiger partial charge in [-0.15, -0.1) is 11.3 Å². The fourth-order valence-electron chi connectivity index (χ4n) is 4.30. The number of hydrogen-bond acceptors (Lipinski definition) is 6. The number of carbonyl (C=O) groups is 2. The highest BCUT2D eigenvalue weighted by atomic mass is 32.1. The number of carbonyl (C=O) groups excluding carboxylic acids is 2. The second kappa shape index (κ2) is 7.70. The van der Waals surface area contributed by atoms with Gasteiger partial charge in [0.1, 0.15) is 11.2 Å². The fraction of sp³-hybridized carbons (Fsp3) is 0.318. The quantitative estimate of drug-likeness (QED) is 0.637. The summed E-state index contributed by atoms with van der Waals surface area (Å²) in [6.07, 6.45) is 1.51. The van der Waals surface area contributed by atoms with Gasteiger partial charge in [-0.05, 0) is 36.4 Å². The molecule has 1 N–H and O–H groups in total. The number of aromatic nitrogens is 1. The molecule has 0 aliphatic carbocycles. The molecule has 1 atom stereocenters. The molecule has 1 aromatic carbocycles. The Kier molecular flexibility index (Phi) is 4.88. The van der Waals surface area contributed by atoms with Crippen molar-refractivity contribution in [3.63, 3.8) is 0 Å². The summed E-state index contributed by atoms with van der Waals surface area (Å²) in [5, 5.41) is 9.00. The van der Waals surface area contributed by atoms with Crippen LogP contribution in [-0.2, 0) is 17.9 Å². The van der Waals surface area contributed by atoms with Crippen molar-refractivity contribution >= 4 is 23.3 Å². The molecule has 154 valence electrons. The van der Waals surface area contributed by atoms with Crippen molar-refractivity contribution in [2.45, 2.75) is 31.5 Å². The molecule has 2 aromatic heterocycles. The van der Waals surface area contributed by atoms with E-state index in [2.05, 4.69) is 27.5 Å². The van der Waals surface area contributed by atoms with Crippen molar-refractivity contribution in [2.24, 2.45) is 0 Å². The lowest BCUT2D eigenvalue weighted by Gasteiger charge is -2.38. The van der Waals surface area contributed by atoms with Gasteiger partial charge < -0.3 is 9.84 Å². The van der Waals surface area contributed by atoms with E-state index < -0.39 is 5.54 Å². The Morgan fingerprint density at radius 3 is 2.80 bits per heavy atom. The predicted molar refractivity (Wildman–Crippen MR) is 113 cm³/mol. The summed E-state index contributed by atoms with van der Waals surface area (Å²) in [7, 11) is 0. The fourth-order valence-corrected chi connectivity index (χ4v) is 4.97. The highest BCUT2D eigenvalue weighted by Gasteiger charge is 2.53. The third-order valence-electron chi connectivity index (χ3n) is 5.71. The Labute approximate surface area is 178 Å². The zero-order chi connectivity index (χ0) is 20.6. The van der Waals surface area contributed by atoms with Gasteiger partial charge in [-0.25, -0.2) is 4.79 Å². The van der Waals surface area contributed by atoms with E-state index in [1.54, 1.807) is 17.4 Å². The van der Waals surface area contributed by atoms with Gasteiger partial charge in [0.15, 0.2) is 5.76 Å². The van der Waals surface area contributed by atoms with E-state index >= 15 is 0 Å². The SMILES string of the molecule is O=C1NC2(CCCN(Cc3ccccc3)C2)C(=O)N1Cc1cc(-c2cccs2)on1. The first-order valence-corrected chi connectivity index (χ1v) is 10.9. The molecule has 2 aliphatic heterocycles. The number of amides is 3. The number of imide groups is 1. The molecule has 2 saturated heterocycles. The van der Waals surface area contributed by atoms with E-state index in [-0.39, 0.29) is 18.5 Å². The van der Waals surface area contributed by atoms with Crippen LogP contribution >= 0.6 is 11.3 Å². The first kappa shape index (κ1) is 19.0. The van der Waals surface area contributed by atoms with Crippen molar-refractivity contribution in [1.29, 1.82) is 0 Å². The monoisotopic (exact) mass is 422 g/mol. The summed E-state index contributed by atoms with van der Waals surface area (Å²) < 4.78 is 5.39. The third-order valence-corrected chi connectivity index (χ3v) is 6.59. The van der Waals surface area contributed by atoms with Crippen LogP contribution in [0, 0.1) is 0 Å². The zero-order valence-corrected chi connectivity index (χ0v) is 17.2. The number of nitrogens with zero attached hydrogens (tertiary/aromatic N) is 3. The number of hydrogen-bond donors (Lipinski definition) is 1. The average molecular weight is 423 g/mol. The van der Waals surface area contributed by atoms with Crippen molar-refractivity contribution in [3.05, 3.63) is 65.2 Å². The molecule has 0 saturated carbocycles. The first-order chi connectivity index (χ1) is 14.6. The number of urea groups is 1. The Bertz CT molecular complexity index is 1050. The maximum Gasteiger partial charge on any atom is 0.325 e. The smallest absolute Gasteiger partial charge is 0.325 e. The lowest BCUT2D eigenvalue weighted by atomic mass is 9.88. The van der Waals surface area contributed by atoms with E-state index in [0.717, 1.165) is 24.4 Å². The van der Waals surface area contributed by atoms with Crippen LogP contribution in [0.25, 0.3) is 10.6 Å². The zero-order valence-electron chi connectivity index (χ0n) is 16.4. The number of nitrogens with one attached hydrogen (secondary N) is 1. The van der Waals surface area contributed by atoms with E-state index in [9.17, 15) is 9.59 Å². The standard InChI is InChI=1S/C22H22N4O3S/c27-20-22(9-5-10-25(15-22)13-16-6-2-1-3-7-16)23-21(28)26(20)14-17-12-18(29-24-17)19-8-4-11-30-19/h1-4,6-8,11-12H,5,9-10,13-15H2,(H,23,28). The maximum atomic E-state index is 13.3. The largest absolute Gasteiger partial charge is 0.355 e. The van der Waals surface area contributed by atoms with Crippen molar-refractivity contribution in [2.75, 3.05) is 13.1 Å². The van der Waals surface area contributed by atoms with Crippen LogP contribution in [-0.4, -0.2) is 45.5 Å². The lowest BCUT2D eigenvalue weighted by molar-refractivity contribution is -0.133. The topological polar surface area (TPSA) is 78.7 Å². The summed E-state index contributed by atoms with van der Waals surface area (Å²) in [6, 6.07) is 15.5. The van der Waals surface area contributed by atoms with Gasteiger partial charge in [0.05, 0.1) is 11.4 Å². The summed E-state index contributed by atoms with van der Waals surface area (Å²) >= 11 is 1.55. The molecule has 30 heavy (non-hydrogen) atoms. The molecule has 7 nitrogen and oxygen atoms in total. The van der Waals surface area contributed by atoms with Crippen molar-refractivity contribution < 1.29 is 14.1 Å². The van der Waals surface area contributed by atoms with E-state index in [1.807, 2.05) is 35.7 Å². The third kappa shape index (κ3) is 3.53. The maximum absolute atomic E-state index is 13.3. The Morgan fingerprint density at radius 2 is 2.00 bits per heavy atom. The number of likely N-dealkylation sites (tertiary alicyclic amines) is 1. The van der Waals surface area contributed by atoms with Crippen LogP contribution in [0.5, 0.6) is 0 Å². The molecule has 0 bridgehead atoms. The predicted octanol–water partition coefficient (Wildman–Crippen LogP) is 3.49. The van der Waals surface area contributed by atoms with E-state index in [1.165, 1.54) is 10.5 Å². The Morgan fingerprint density at radius 1 is 1.13 bits per heavy atom. The average Bonchev–Trinajstić information content (AvgIpc) is 3.47. The number of rotatable bonds is 5. The van der Waals surface area contributed by atoms with E-state index in [0.29, 0.717) is 24.4 Å². The molecule has 0 radical (unpaired) electrons. The van der Waals surface area contributed by atoms with Crippen LogP contribution in [0.1, 0.15) is 24.1 Å². The minimum Gasteiger partial charge on any atom is -0.355 e. The Balaban J connectivity index is 1.30. The lowest BCUT2D eigenvalue weighted by Crippen LogP contribution is -2.58. The van der Waals surface area contributed by atoms with Crippen molar-refractivity contribution in [1.82, 2.24) is 20.3 Å². The van der Waals surface area contributed by atoms with Crippen LogP contribution in [0.3, 0.4) is 0 Å². The minimum atomic E-state index is -0.857. The molecular weight excluding hydrogens is 400 g/mol. The van der Waals surface area contributed by atoms with Gasteiger partial charge in [-0.2, -0.15) is 0 Å². The Hall–Kier alpha value is -2.97. The van der Waals surface area contributed by atoms with Gasteiger partial charge >= 0.3 is 6.03 Å². The van der Waals surface area contributed by atoms with Crippen LogP contribution in [0.2, 0.25) is 0 Å². The van der Waals surface area contributed by atoms with Crippen LogP contribution < -0.4 is 5.32 Å². The normalized spacial score (nSPS) is 22.1. The molecular formula is C22H22N4O3S. The molecule has 1 unspecified atom stereocenters. The van der Waals surface area contributed by atoms with Gasteiger partial charge in [-0.1, -0.05) is 41.6 Å². The minimum absolute atomic E-state index is 0.111.